The molecule has 3 heterocycles. The zero-order valence-corrected chi connectivity index (χ0v) is 21.2. The summed E-state index contributed by atoms with van der Waals surface area (Å²) in [5.41, 5.74) is 2.12. The number of hydrogen-bond acceptors (Lipinski definition) is 6. The molecule has 32 heavy (non-hydrogen) atoms. The molecule has 0 saturated carbocycles. The third kappa shape index (κ3) is 4.75. The molecule has 2 aromatic heterocycles. The topological polar surface area (TPSA) is 47.4 Å². The van der Waals surface area contributed by atoms with Crippen LogP contribution >= 0.6 is 23.1 Å². The summed E-state index contributed by atoms with van der Waals surface area (Å²) in [5.74, 6) is 1.76. The van der Waals surface area contributed by atoms with Crippen molar-refractivity contribution >= 4 is 33.3 Å². The Labute approximate surface area is 198 Å². The van der Waals surface area contributed by atoms with Gasteiger partial charge in [0.2, 0.25) is 0 Å². The Hall–Kier alpha value is -1.83. The van der Waals surface area contributed by atoms with E-state index < -0.39 is 0 Å². The summed E-state index contributed by atoms with van der Waals surface area (Å²) < 4.78 is 7.13. The number of thioether (sulfide) groups is 1. The largest absolute Gasteiger partial charge is 0.497 e. The first-order valence-electron chi connectivity index (χ1n) is 11.6. The van der Waals surface area contributed by atoms with Gasteiger partial charge < -0.3 is 4.74 Å². The van der Waals surface area contributed by atoms with Gasteiger partial charge in [-0.25, -0.2) is 4.98 Å². The van der Waals surface area contributed by atoms with Crippen LogP contribution in [0.15, 0.2) is 34.2 Å². The fraction of sp³-hybridized carbons (Fsp3) is 0.520. The lowest BCUT2D eigenvalue weighted by molar-refractivity contribution is 0.206. The maximum absolute atomic E-state index is 13.9. The lowest BCUT2D eigenvalue weighted by Gasteiger charge is -2.30. The molecule has 7 heteroatoms. The Morgan fingerprint density at radius 3 is 2.66 bits per heavy atom. The number of rotatable bonds is 9. The summed E-state index contributed by atoms with van der Waals surface area (Å²) in [6, 6.07) is 8.23. The van der Waals surface area contributed by atoms with Crippen LogP contribution < -0.4 is 10.3 Å². The average Bonchev–Trinajstić information content (AvgIpc) is 3.17. The van der Waals surface area contributed by atoms with Crippen LogP contribution in [-0.2, 0) is 13.0 Å². The average molecular weight is 472 g/mol. The summed E-state index contributed by atoms with van der Waals surface area (Å²) in [5, 5.41) is 1.61. The second-order valence-corrected chi connectivity index (χ2v) is 10.8. The maximum atomic E-state index is 13.9. The van der Waals surface area contributed by atoms with E-state index >= 15 is 0 Å². The van der Waals surface area contributed by atoms with E-state index in [9.17, 15) is 4.79 Å². The molecule has 1 aliphatic heterocycles. The van der Waals surface area contributed by atoms with Crippen molar-refractivity contribution in [3.63, 3.8) is 0 Å². The van der Waals surface area contributed by atoms with Gasteiger partial charge in [-0.05, 0) is 56.5 Å². The van der Waals surface area contributed by atoms with Crippen molar-refractivity contribution in [1.82, 2.24) is 14.5 Å². The molecule has 4 rings (SSSR count). The highest BCUT2D eigenvalue weighted by Crippen LogP contribution is 2.35. The first-order valence-corrected chi connectivity index (χ1v) is 13.4. The zero-order chi connectivity index (χ0) is 22.7. The van der Waals surface area contributed by atoms with E-state index in [-0.39, 0.29) is 5.56 Å². The summed E-state index contributed by atoms with van der Waals surface area (Å²) >= 11 is 3.41. The van der Waals surface area contributed by atoms with Gasteiger partial charge in [0, 0.05) is 29.8 Å². The number of aromatic nitrogens is 2. The molecule has 0 bridgehead atoms. The Bertz CT molecular complexity index is 1120. The van der Waals surface area contributed by atoms with Crippen molar-refractivity contribution in [2.24, 2.45) is 0 Å². The number of ether oxygens (including phenoxy) is 1. The van der Waals surface area contributed by atoms with E-state index in [4.69, 9.17) is 9.72 Å². The number of nitrogens with zero attached hydrogens (tertiary/aromatic N) is 3. The Kier molecular flexibility index (Phi) is 7.59. The molecule has 0 unspecified atom stereocenters. The summed E-state index contributed by atoms with van der Waals surface area (Å²) in [6.07, 6.45) is 5.74. The monoisotopic (exact) mass is 471 g/mol. The van der Waals surface area contributed by atoms with E-state index in [1.54, 1.807) is 30.2 Å². The lowest BCUT2D eigenvalue weighted by Crippen LogP contribution is -2.35. The van der Waals surface area contributed by atoms with Gasteiger partial charge >= 0.3 is 0 Å². The minimum atomic E-state index is 0.0618. The van der Waals surface area contributed by atoms with Gasteiger partial charge in [0.1, 0.15) is 10.6 Å². The molecule has 0 amide bonds. The molecule has 0 aliphatic carbocycles. The van der Waals surface area contributed by atoms with Crippen LogP contribution in [0.5, 0.6) is 5.75 Å². The third-order valence-electron chi connectivity index (χ3n) is 6.16. The molecule has 0 radical (unpaired) electrons. The van der Waals surface area contributed by atoms with Gasteiger partial charge in [0.15, 0.2) is 5.16 Å². The Balaban J connectivity index is 1.77. The van der Waals surface area contributed by atoms with Crippen LogP contribution in [0, 0.1) is 0 Å². The Morgan fingerprint density at radius 1 is 1.19 bits per heavy atom. The maximum Gasteiger partial charge on any atom is 0.267 e. The van der Waals surface area contributed by atoms with Crippen LogP contribution in [0.4, 0.5) is 0 Å². The van der Waals surface area contributed by atoms with Crippen molar-refractivity contribution < 1.29 is 4.74 Å². The van der Waals surface area contributed by atoms with Crippen molar-refractivity contribution in [3.8, 4) is 11.4 Å². The molecule has 0 atom stereocenters. The summed E-state index contributed by atoms with van der Waals surface area (Å²) in [7, 11) is 1.66. The molecule has 5 nitrogen and oxygen atoms in total. The molecule has 0 N–H and O–H groups in total. The molecule has 172 valence electrons. The van der Waals surface area contributed by atoms with E-state index in [2.05, 4.69) is 25.7 Å². The first kappa shape index (κ1) is 23.3. The number of fused-ring (bicyclic) bond motifs is 3. The van der Waals surface area contributed by atoms with Crippen molar-refractivity contribution in [2.45, 2.75) is 70.6 Å². The van der Waals surface area contributed by atoms with Crippen LogP contribution in [0.25, 0.3) is 15.9 Å². The summed E-state index contributed by atoms with van der Waals surface area (Å²) in [6.45, 7) is 8.60. The number of methoxy groups -OCH3 is 1. The fourth-order valence-electron chi connectivity index (χ4n) is 4.23. The highest BCUT2D eigenvalue weighted by atomic mass is 32.2. The highest BCUT2D eigenvalue weighted by Gasteiger charge is 2.26. The number of unbranched alkanes of at least 4 members (excludes halogenated alkanes) is 3. The lowest BCUT2D eigenvalue weighted by atomic mass is 10.0. The molecule has 3 aromatic rings. The van der Waals surface area contributed by atoms with Gasteiger partial charge in [-0.2, -0.15) is 0 Å². The van der Waals surface area contributed by atoms with E-state index in [0.717, 1.165) is 58.5 Å². The molecule has 0 spiro atoms. The SMILES string of the molecule is CCCCCCSc1nc2sc3c(c2c(=O)n1-c1ccc(OC)cc1)CCN(C(C)C)C3. The summed E-state index contributed by atoms with van der Waals surface area (Å²) in [4.78, 5) is 23.6. The van der Waals surface area contributed by atoms with E-state index in [1.165, 1.54) is 29.7 Å². The minimum Gasteiger partial charge on any atom is -0.497 e. The van der Waals surface area contributed by atoms with Crippen LogP contribution in [0.2, 0.25) is 0 Å². The predicted molar refractivity (Wildman–Crippen MR) is 136 cm³/mol. The molecule has 1 aliphatic rings. The standard InChI is InChI=1S/C25H33N3O2S2/c1-5-6-7-8-15-31-25-26-23-22(20-13-14-27(17(2)3)16-21(20)32-23)24(29)28(25)18-9-11-19(30-4)12-10-18/h9-12,17H,5-8,13-16H2,1-4H3. The number of hydrogen-bond donors (Lipinski definition) is 0. The second-order valence-electron chi connectivity index (χ2n) is 8.64. The molecule has 0 fully saturated rings. The minimum absolute atomic E-state index is 0.0618. The number of benzene rings is 1. The van der Waals surface area contributed by atoms with E-state index in [0.29, 0.717) is 6.04 Å². The van der Waals surface area contributed by atoms with Crippen molar-refractivity contribution in [2.75, 3.05) is 19.4 Å². The third-order valence-corrected chi connectivity index (χ3v) is 8.30. The Morgan fingerprint density at radius 2 is 1.97 bits per heavy atom. The van der Waals surface area contributed by atoms with Crippen LogP contribution in [-0.4, -0.2) is 39.9 Å². The molecular formula is C25H33N3O2S2. The quantitative estimate of drug-likeness (QED) is 0.221. The molecular weight excluding hydrogens is 438 g/mol. The first-order chi connectivity index (χ1) is 15.5. The highest BCUT2D eigenvalue weighted by molar-refractivity contribution is 7.99. The molecule has 1 aromatic carbocycles. The van der Waals surface area contributed by atoms with Gasteiger partial charge in [-0.15, -0.1) is 11.3 Å². The fourth-order valence-corrected chi connectivity index (χ4v) is 6.53. The normalized spacial score (nSPS) is 14.3. The van der Waals surface area contributed by atoms with Gasteiger partial charge in [-0.3, -0.25) is 14.3 Å². The number of thiophene rings is 1. The van der Waals surface area contributed by atoms with Crippen LogP contribution in [0.1, 0.15) is 56.9 Å². The zero-order valence-electron chi connectivity index (χ0n) is 19.5. The smallest absolute Gasteiger partial charge is 0.267 e. The second kappa shape index (κ2) is 10.4. The van der Waals surface area contributed by atoms with Gasteiger partial charge in [0.05, 0.1) is 18.2 Å². The van der Waals surface area contributed by atoms with Crippen molar-refractivity contribution in [3.05, 3.63) is 45.1 Å². The van der Waals surface area contributed by atoms with E-state index in [1.807, 2.05) is 28.8 Å². The van der Waals surface area contributed by atoms with Gasteiger partial charge in [-0.1, -0.05) is 37.9 Å². The van der Waals surface area contributed by atoms with Gasteiger partial charge in [0.25, 0.3) is 5.56 Å². The van der Waals surface area contributed by atoms with Crippen molar-refractivity contribution in [1.29, 1.82) is 0 Å². The van der Waals surface area contributed by atoms with Crippen LogP contribution in [0.3, 0.4) is 0 Å². The molecule has 0 saturated heterocycles. The predicted octanol–water partition coefficient (Wildman–Crippen LogP) is 5.89.